The Balaban J connectivity index is 1.72. The molecule has 148 valence electrons. The first kappa shape index (κ1) is 19.8. The van der Waals surface area contributed by atoms with E-state index in [1.807, 2.05) is 11.9 Å². The summed E-state index contributed by atoms with van der Waals surface area (Å²) in [6, 6.07) is 3.34. The number of aliphatic hydroxyl groups excluding tert-OH is 2. The lowest BCUT2D eigenvalue weighted by atomic mass is 9.76. The topological polar surface area (TPSA) is 81.5 Å². The van der Waals surface area contributed by atoms with E-state index in [4.69, 9.17) is 0 Å². The molecular weight excluding hydrogens is 361 g/mol. The normalized spacial score (nSPS) is 32.3. The lowest BCUT2D eigenvalue weighted by Crippen LogP contribution is -2.46. The van der Waals surface area contributed by atoms with E-state index in [1.54, 1.807) is 19.1 Å². The minimum atomic E-state index is -4.50. The van der Waals surface area contributed by atoms with Crippen LogP contribution >= 0.6 is 0 Å². The molecule has 4 atom stereocenters. The van der Waals surface area contributed by atoms with Crippen LogP contribution < -0.4 is 5.32 Å². The van der Waals surface area contributed by atoms with Gasteiger partial charge < -0.3 is 20.4 Å². The second kappa shape index (κ2) is 7.21. The average Bonchev–Trinajstić information content (AvgIpc) is 2.56. The van der Waals surface area contributed by atoms with Gasteiger partial charge in [0, 0.05) is 19.1 Å². The lowest BCUT2D eigenvalue weighted by molar-refractivity contribution is -0.0898. The number of halogens is 3. The van der Waals surface area contributed by atoms with Gasteiger partial charge in [0.25, 0.3) is 0 Å². The maximum absolute atomic E-state index is 12.8. The minimum Gasteiger partial charge on any atom is -0.392 e. The van der Waals surface area contributed by atoms with Crippen LogP contribution in [0.15, 0.2) is 35.9 Å². The minimum absolute atomic E-state index is 0.0203. The number of anilines is 1. The maximum atomic E-state index is 12.8. The molecule has 0 saturated carbocycles. The quantitative estimate of drug-likeness (QED) is 0.735. The van der Waals surface area contributed by atoms with Crippen LogP contribution in [-0.4, -0.2) is 69.9 Å². The Kier molecular flexibility index (Phi) is 5.29. The number of aromatic nitrogens is 2. The van der Waals surface area contributed by atoms with Crippen molar-refractivity contribution in [3.05, 3.63) is 41.6 Å². The molecule has 0 spiro atoms. The van der Waals surface area contributed by atoms with E-state index >= 15 is 0 Å². The summed E-state index contributed by atoms with van der Waals surface area (Å²) in [4.78, 5) is 2.02. The lowest BCUT2D eigenvalue weighted by Gasteiger charge is -2.34. The van der Waals surface area contributed by atoms with Crippen molar-refractivity contribution < 1.29 is 23.4 Å². The fourth-order valence-corrected chi connectivity index (χ4v) is 3.48. The number of rotatable bonds is 3. The molecule has 2 aliphatic rings. The van der Waals surface area contributed by atoms with Crippen molar-refractivity contribution in [2.45, 2.75) is 43.2 Å². The van der Waals surface area contributed by atoms with Gasteiger partial charge in [0.2, 0.25) is 0 Å². The van der Waals surface area contributed by atoms with E-state index in [9.17, 15) is 23.4 Å². The number of nitrogens with one attached hydrogen (secondary N) is 1. The third-order valence-electron chi connectivity index (χ3n) is 5.07. The first-order valence-corrected chi connectivity index (χ1v) is 8.71. The van der Waals surface area contributed by atoms with Crippen LogP contribution in [0.1, 0.15) is 19.0 Å². The fourth-order valence-electron chi connectivity index (χ4n) is 3.48. The van der Waals surface area contributed by atoms with Gasteiger partial charge in [-0.05, 0) is 38.6 Å². The summed E-state index contributed by atoms with van der Waals surface area (Å²) in [7, 11) is 1.92. The summed E-state index contributed by atoms with van der Waals surface area (Å²) < 4.78 is 38.4. The molecule has 2 heterocycles. The number of likely N-dealkylation sites (N-methyl/N-ethyl adjacent to an activating group) is 1. The predicted octanol–water partition coefficient (Wildman–Crippen LogP) is 1.63. The van der Waals surface area contributed by atoms with Crippen molar-refractivity contribution >= 4 is 5.82 Å². The number of likely N-dealkylation sites (tertiary alicyclic amines) is 1. The molecule has 1 aromatic rings. The third-order valence-corrected chi connectivity index (χ3v) is 5.07. The molecule has 9 heteroatoms. The van der Waals surface area contributed by atoms with Gasteiger partial charge in [-0.1, -0.05) is 12.2 Å². The van der Waals surface area contributed by atoms with Crippen LogP contribution in [0.2, 0.25) is 0 Å². The summed E-state index contributed by atoms with van der Waals surface area (Å²) in [5.41, 5.74) is -1.60. The second-order valence-electron chi connectivity index (χ2n) is 7.44. The highest BCUT2D eigenvalue weighted by molar-refractivity contribution is 5.42. The summed E-state index contributed by atoms with van der Waals surface area (Å²) in [5.74, 6) is 0.510. The third kappa shape index (κ3) is 4.31. The van der Waals surface area contributed by atoms with Gasteiger partial charge >= 0.3 is 6.18 Å². The molecule has 1 aliphatic heterocycles. The van der Waals surface area contributed by atoms with E-state index in [2.05, 4.69) is 15.5 Å². The van der Waals surface area contributed by atoms with Gasteiger partial charge in [-0.3, -0.25) is 0 Å². The van der Waals surface area contributed by atoms with Crippen LogP contribution in [0.4, 0.5) is 19.0 Å². The van der Waals surface area contributed by atoms with Gasteiger partial charge in [-0.25, -0.2) is 0 Å². The molecular formula is C18H23F3N4O2. The molecule has 1 saturated heterocycles. The van der Waals surface area contributed by atoms with Crippen LogP contribution in [0.25, 0.3) is 0 Å². The molecule has 27 heavy (non-hydrogen) atoms. The number of aliphatic hydroxyl groups is 2. The molecule has 1 fully saturated rings. The highest BCUT2D eigenvalue weighted by Crippen LogP contribution is 2.37. The van der Waals surface area contributed by atoms with E-state index in [1.165, 1.54) is 6.08 Å². The molecule has 3 N–H and O–H groups in total. The standard InChI is InChI=1S/C18H23F3N4O2/c1-17(6-5-11(7-15(17)27)18(19,20)21)14-3-4-16(24-23-14)22-12-8-13(26)10-25(2)9-12/h3-7,12-13,15,26-27H,8-10H2,1-2H3,(H,22,24)/t12-,13+,15?,17?/m0/s1. The molecule has 0 amide bonds. The average molecular weight is 384 g/mol. The van der Waals surface area contributed by atoms with Gasteiger partial charge in [-0.15, -0.1) is 5.10 Å². The van der Waals surface area contributed by atoms with Crippen LogP contribution in [-0.2, 0) is 5.41 Å². The number of hydrogen-bond donors (Lipinski definition) is 3. The van der Waals surface area contributed by atoms with E-state index in [0.29, 0.717) is 24.5 Å². The van der Waals surface area contributed by atoms with Crippen molar-refractivity contribution in [1.29, 1.82) is 0 Å². The Bertz CT molecular complexity index is 725. The molecule has 6 nitrogen and oxygen atoms in total. The summed E-state index contributed by atoms with van der Waals surface area (Å²) in [6.45, 7) is 2.99. The van der Waals surface area contributed by atoms with Crippen molar-refractivity contribution in [3.8, 4) is 0 Å². The number of allylic oxidation sites excluding steroid dienone is 2. The molecule has 0 radical (unpaired) electrons. The molecule has 1 aromatic heterocycles. The Morgan fingerprint density at radius 1 is 1.22 bits per heavy atom. The smallest absolute Gasteiger partial charge is 0.392 e. The van der Waals surface area contributed by atoms with E-state index < -0.39 is 29.4 Å². The zero-order chi connectivity index (χ0) is 19.8. The monoisotopic (exact) mass is 384 g/mol. The van der Waals surface area contributed by atoms with Crippen molar-refractivity contribution in [3.63, 3.8) is 0 Å². The van der Waals surface area contributed by atoms with E-state index in [0.717, 1.165) is 18.7 Å². The number of alkyl halides is 3. The van der Waals surface area contributed by atoms with Gasteiger partial charge in [0.05, 0.1) is 28.9 Å². The molecule has 2 unspecified atom stereocenters. The Morgan fingerprint density at radius 3 is 2.52 bits per heavy atom. The van der Waals surface area contributed by atoms with Crippen molar-refractivity contribution in [1.82, 2.24) is 15.1 Å². The van der Waals surface area contributed by atoms with Gasteiger partial charge in [0.15, 0.2) is 0 Å². The zero-order valence-corrected chi connectivity index (χ0v) is 15.1. The Labute approximate surface area is 155 Å². The molecule has 3 rings (SSSR count). The number of piperidine rings is 1. The predicted molar refractivity (Wildman–Crippen MR) is 94.2 cm³/mol. The van der Waals surface area contributed by atoms with Crippen LogP contribution in [0, 0.1) is 0 Å². The summed E-state index contributed by atoms with van der Waals surface area (Å²) in [6.07, 6.45) is -2.62. The molecule has 0 bridgehead atoms. The maximum Gasteiger partial charge on any atom is 0.416 e. The fraction of sp³-hybridized carbons (Fsp3) is 0.556. The Hall–Kier alpha value is -1.97. The first-order chi connectivity index (χ1) is 12.6. The summed E-state index contributed by atoms with van der Waals surface area (Å²) >= 11 is 0. The first-order valence-electron chi connectivity index (χ1n) is 8.71. The molecule has 0 aromatic carbocycles. The van der Waals surface area contributed by atoms with Crippen molar-refractivity contribution in [2.24, 2.45) is 0 Å². The highest BCUT2D eigenvalue weighted by atomic mass is 19.4. The number of β-amino-alcohol motifs (C(OH)–C–C–N with tert-alkyl or cyclic N) is 1. The number of hydrogen-bond acceptors (Lipinski definition) is 6. The van der Waals surface area contributed by atoms with E-state index in [-0.39, 0.29) is 6.04 Å². The van der Waals surface area contributed by atoms with Crippen molar-refractivity contribution in [2.75, 3.05) is 25.5 Å². The number of nitrogens with zero attached hydrogens (tertiary/aromatic N) is 3. The highest BCUT2D eigenvalue weighted by Gasteiger charge is 2.41. The second-order valence-corrected chi connectivity index (χ2v) is 7.44. The zero-order valence-electron chi connectivity index (χ0n) is 15.1. The summed E-state index contributed by atoms with van der Waals surface area (Å²) in [5, 5.41) is 31.5. The molecule has 1 aliphatic carbocycles. The van der Waals surface area contributed by atoms with Gasteiger partial charge in [0.1, 0.15) is 5.82 Å². The largest absolute Gasteiger partial charge is 0.416 e. The Morgan fingerprint density at radius 2 is 1.96 bits per heavy atom. The van der Waals surface area contributed by atoms with Gasteiger partial charge in [-0.2, -0.15) is 18.3 Å². The van der Waals surface area contributed by atoms with Crippen LogP contribution in [0.5, 0.6) is 0 Å². The van der Waals surface area contributed by atoms with Crippen LogP contribution in [0.3, 0.4) is 0 Å². The SMILES string of the molecule is CN1C[C@H](O)C[C@H](Nc2ccc(C3(C)C=CC(C(F)(F)F)=CC3O)nn2)C1.